The molecule has 1 saturated heterocycles. The maximum absolute atomic E-state index is 12.9. The molecule has 1 aliphatic rings. The summed E-state index contributed by atoms with van der Waals surface area (Å²) in [4.78, 5) is 14.0. The van der Waals surface area contributed by atoms with Crippen molar-refractivity contribution in [2.45, 2.75) is 32.7 Å². The van der Waals surface area contributed by atoms with Crippen molar-refractivity contribution in [2.24, 2.45) is 5.92 Å². The minimum absolute atomic E-state index is 0.132. The third kappa shape index (κ3) is 6.15. The molecule has 0 radical (unpaired) electrons. The van der Waals surface area contributed by atoms with Gasteiger partial charge in [-0.3, -0.25) is 4.79 Å². The molecule has 1 fully saturated rings. The van der Waals surface area contributed by atoms with Crippen LogP contribution < -0.4 is 5.32 Å². The van der Waals surface area contributed by atoms with Crippen LogP contribution in [-0.4, -0.2) is 48.2 Å². The Labute approximate surface area is 206 Å². The second-order valence-electron chi connectivity index (χ2n) is 7.49. The number of carbonyl (C=O) groups is 1. The number of benzene rings is 2. The van der Waals surface area contributed by atoms with Gasteiger partial charge >= 0.3 is 0 Å². The van der Waals surface area contributed by atoms with Gasteiger partial charge in [-0.25, -0.2) is 8.42 Å². The Kier molecular flexibility index (Phi) is 8.07. The van der Waals surface area contributed by atoms with Gasteiger partial charge < -0.3 is 5.32 Å². The van der Waals surface area contributed by atoms with Crippen molar-refractivity contribution in [1.82, 2.24) is 14.5 Å². The van der Waals surface area contributed by atoms with Gasteiger partial charge in [0.05, 0.1) is 4.90 Å². The highest BCUT2D eigenvalue weighted by atomic mass is 32.2. The van der Waals surface area contributed by atoms with Crippen molar-refractivity contribution in [2.75, 3.05) is 24.7 Å². The van der Waals surface area contributed by atoms with Gasteiger partial charge in [-0.2, -0.15) is 4.31 Å². The number of sulfonamides is 1. The average molecular weight is 521 g/mol. The molecule has 7 nitrogen and oxygen atoms in total. The van der Waals surface area contributed by atoms with Crippen LogP contribution in [-0.2, 0) is 20.6 Å². The summed E-state index contributed by atoms with van der Waals surface area (Å²) in [6.07, 6.45) is 2.90. The van der Waals surface area contributed by atoms with Gasteiger partial charge in [0.2, 0.25) is 21.1 Å². The Morgan fingerprint density at radius 1 is 1.09 bits per heavy atom. The van der Waals surface area contributed by atoms with E-state index in [0.717, 1.165) is 15.0 Å². The fraction of sp³-hybridized carbons (Fsp3) is 0.318. The summed E-state index contributed by atoms with van der Waals surface area (Å²) in [6, 6.07) is 17.0. The lowest BCUT2D eigenvalue weighted by Crippen LogP contribution is -2.41. The molecule has 0 spiro atoms. The summed E-state index contributed by atoms with van der Waals surface area (Å²) < 4.78 is 28.1. The molecule has 0 atom stereocenters. The van der Waals surface area contributed by atoms with Crippen molar-refractivity contribution in [1.29, 1.82) is 0 Å². The summed E-state index contributed by atoms with van der Waals surface area (Å²) >= 11 is 4.50. The molecule has 1 aliphatic heterocycles. The Hall–Kier alpha value is -1.92. The minimum atomic E-state index is -3.55. The number of hydrogen-bond donors (Lipinski definition) is 1. The zero-order chi connectivity index (χ0) is 23.3. The lowest BCUT2D eigenvalue weighted by molar-refractivity contribution is -0.120. The normalized spacial score (nSPS) is 15.4. The van der Waals surface area contributed by atoms with Gasteiger partial charge in [-0.1, -0.05) is 53.4 Å². The first-order valence-electron chi connectivity index (χ1n) is 10.4. The molecule has 174 valence electrons. The lowest BCUT2D eigenvalue weighted by atomic mass is 9.97. The molecule has 0 bridgehead atoms. The van der Waals surface area contributed by atoms with E-state index < -0.39 is 10.0 Å². The molecule has 33 heavy (non-hydrogen) atoms. The molecule has 0 aliphatic carbocycles. The summed E-state index contributed by atoms with van der Waals surface area (Å²) in [5.41, 5.74) is 1.20. The van der Waals surface area contributed by atoms with Crippen LogP contribution in [0.5, 0.6) is 0 Å². The number of carbonyl (C=O) groups excluding carboxylic acids is 1. The number of nitrogens with one attached hydrogen (secondary N) is 1. The van der Waals surface area contributed by atoms with Crippen molar-refractivity contribution in [3.63, 3.8) is 0 Å². The third-order valence-electron chi connectivity index (χ3n) is 5.36. The molecule has 2 aromatic carbocycles. The SMILES string of the molecule is CSc1ccc(S(=O)(=O)N2CCC(C(=O)Nc3nnc(SCc4ccccc4)s3)CC2)cc1. The monoisotopic (exact) mass is 520 g/mol. The lowest BCUT2D eigenvalue weighted by Gasteiger charge is -2.30. The quantitative estimate of drug-likeness (QED) is 0.343. The summed E-state index contributed by atoms with van der Waals surface area (Å²) in [5, 5.41) is 11.5. The van der Waals surface area contributed by atoms with E-state index in [1.54, 1.807) is 35.7 Å². The van der Waals surface area contributed by atoms with Gasteiger partial charge in [0.1, 0.15) is 0 Å². The van der Waals surface area contributed by atoms with Gasteiger partial charge in [0.15, 0.2) is 4.34 Å². The molecule has 1 N–H and O–H groups in total. The third-order valence-corrected chi connectivity index (χ3v) is 10.1. The van der Waals surface area contributed by atoms with E-state index in [4.69, 9.17) is 0 Å². The number of nitrogens with zero attached hydrogens (tertiary/aromatic N) is 3. The van der Waals surface area contributed by atoms with Gasteiger partial charge in [-0.05, 0) is 48.9 Å². The van der Waals surface area contributed by atoms with Crippen LogP contribution in [0.25, 0.3) is 0 Å². The number of anilines is 1. The van der Waals surface area contributed by atoms with Crippen LogP contribution in [0.4, 0.5) is 5.13 Å². The first-order valence-corrected chi connectivity index (χ1v) is 14.9. The Morgan fingerprint density at radius 2 is 1.79 bits per heavy atom. The summed E-state index contributed by atoms with van der Waals surface area (Å²) in [7, 11) is -3.55. The van der Waals surface area contributed by atoms with Gasteiger partial charge in [0.25, 0.3) is 0 Å². The number of rotatable bonds is 8. The van der Waals surface area contributed by atoms with Crippen LogP contribution >= 0.6 is 34.9 Å². The average Bonchev–Trinajstić information content (AvgIpc) is 3.30. The summed E-state index contributed by atoms with van der Waals surface area (Å²) in [5.74, 6) is 0.405. The highest BCUT2D eigenvalue weighted by Gasteiger charge is 2.32. The van der Waals surface area contributed by atoms with Crippen LogP contribution in [0, 0.1) is 5.92 Å². The summed E-state index contributed by atoms with van der Waals surface area (Å²) in [6.45, 7) is 0.637. The Balaban J connectivity index is 1.28. The highest BCUT2D eigenvalue weighted by molar-refractivity contribution is 8.00. The molecule has 3 aromatic rings. The second kappa shape index (κ2) is 11.0. The van der Waals surface area contributed by atoms with E-state index in [9.17, 15) is 13.2 Å². The largest absolute Gasteiger partial charge is 0.300 e. The molecule has 2 heterocycles. The molecule has 0 saturated carbocycles. The van der Waals surface area contributed by atoms with Crippen molar-refractivity contribution in [3.05, 3.63) is 60.2 Å². The number of hydrogen-bond acceptors (Lipinski definition) is 8. The Bertz CT molecular complexity index is 1180. The first kappa shape index (κ1) is 24.2. The predicted octanol–water partition coefficient (Wildman–Crippen LogP) is 4.59. The molecule has 11 heteroatoms. The molecule has 4 rings (SSSR count). The number of thioether (sulfide) groups is 2. The predicted molar refractivity (Wildman–Crippen MR) is 134 cm³/mol. The fourth-order valence-corrected chi connectivity index (χ4v) is 7.09. The van der Waals surface area contributed by atoms with Crippen LogP contribution in [0.2, 0.25) is 0 Å². The molecule has 1 amide bonds. The van der Waals surface area contributed by atoms with Crippen molar-refractivity contribution < 1.29 is 13.2 Å². The van der Waals surface area contributed by atoms with Crippen LogP contribution in [0.1, 0.15) is 18.4 Å². The van der Waals surface area contributed by atoms with Crippen molar-refractivity contribution in [3.8, 4) is 0 Å². The standard InChI is InChI=1S/C22H24N4O3S4/c1-30-18-7-9-19(10-8-18)33(28,29)26-13-11-17(12-14-26)20(27)23-21-24-25-22(32-21)31-15-16-5-3-2-4-6-16/h2-10,17H,11-15H2,1H3,(H,23,24,27). The fourth-order valence-electron chi connectivity index (χ4n) is 3.50. The number of piperidine rings is 1. The van der Waals surface area contributed by atoms with Gasteiger partial charge in [-0.15, -0.1) is 22.0 Å². The second-order valence-corrected chi connectivity index (χ2v) is 12.5. The van der Waals surface area contributed by atoms with E-state index in [1.807, 2.05) is 36.6 Å². The highest BCUT2D eigenvalue weighted by Crippen LogP contribution is 2.30. The first-order chi connectivity index (χ1) is 16.0. The van der Waals surface area contributed by atoms with Crippen LogP contribution in [0.15, 0.2) is 68.7 Å². The van der Waals surface area contributed by atoms with Crippen LogP contribution in [0.3, 0.4) is 0 Å². The van der Waals surface area contributed by atoms with Crippen molar-refractivity contribution >= 4 is 55.9 Å². The smallest absolute Gasteiger partial charge is 0.243 e. The maximum atomic E-state index is 12.9. The minimum Gasteiger partial charge on any atom is -0.300 e. The maximum Gasteiger partial charge on any atom is 0.243 e. The zero-order valence-corrected chi connectivity index (χ0v) is 21.3. The number of amides is 1. The Morgan fingerprint density at radius 3 is 2.45 bits per heavy atom. The van der Waals surface area contributed by atoms with E-state index in [-0.39, 0.29) is 16.7 Å². The zero-order valence-electron chi connectivity index (χ0n) is 18.0. The topological polar surface area (TPSA) is 92.3 Å². The number of aromatic nitrogens is 2. The van der Waals surface area contributed by atoms with E-state index in [1.165, 1.54) is 21.2 Å². The van der Waals surface area contributed by atoms with E-state index in [0.29, 0.717) is 31.1 Å². The van der Waals surface area contributed by atoms with E-state index >= 15 is 0 Å². The van der Waals surface area contributed by atoms with E-state index in [2.05, 4.69) is 27.6 Å². The van der Waals surface area contributed by atoms with Gasteiger partial charge in [0, 0.05) is 29.7 Å². The molecular weight excluding hydrogens is 497 g/mol. The molecule has 0 unspecified atom stereocenters. The molecule has 1 aromatic heterocycles. The molecular formula is C22H24N4O3S4.